The minimum Gasteiger partial charge on any atom is -0.352 e. The van der Waals surface area contributed by atoms with E-state index in [0.717, 1.165) is 21.0 Å². The van der Waals surface area contributed by atoms with Gasteiger partial charge in [-0.15, -0.1) is 0 Å². The van der Waals surface area contributed by atoms with Crippen LogP contribution >= 0.6 is 11.6 Å². The normalized spacial score (nSPS) is 12.4. The maximum Gasteiger partial charge on any atom is 0.243 e. The van der Waals surface area contributed by atoms with E-state index in [1.54, 1.807) is 30.3 Å². The molecule has 3 aromatic rings. The SMILES string of the molecule is Cc1ccc(S(=O)(=O)N(C)CC(=O)N(Cc2cccc(Cl)c2)[C@@H](Cc2ccccc2)C(=O)NC(C)C)cc1. The van der Waals surface area contributed by atoms with Crippen LogP contribution in [0.2, 0.25) is 5.02 Å². The fourth-order valence-electron chi connectivity index (χ4n) is 4.02. The van der Waals surface area contributed by atoms with Gasteiger partial charge in [0.2, 0.25) is 21.8 Å². The average Bonchev–Trinajstić information content (AvgIpc) is 2.86. The number of sulfonamides is 1. The number of benzene rings is 3. The first-order valence-corrected chi connectivity index (χ1v) is 14.2. The fraction of sp³-hybridized carbons (Fsp3) is 0.310. The van der Waals surface area contributed by atoms with Gasteiger partial charge in [0.1, 0.15) is 6.04 Å². The number of aryl methyl sites for hydroxylation is 1. The summed E-state index contributed by atoms with van der Waals surface area (Å²) in [5, 5.41) is 3.42. The molecule has 7 nitrogen and oxygen atoms in total. The van der Waals surface area contributed by atoms with Gasteiger partial charge in [-0.05, 0) is 56.2 Å². The lowest BCUT2D eigenvalue weighted by molar-refractivity contribution is -0.141. The highest BCUT2D eigenvalue weighted by molar-refractivity contribution is 7.89. The molecule has 2 amide bonds. The maximum atomic E-state index is 13.8. The lowest BCUT2D eigenvalue weighted by Crippen LogP contribution is -2.53. The highest BCUT2D eigenvalue weighted by atomic mass is 35.5. The van der Waals surface area contributed by atoms with Crippen LogP contribution in [0.1, 0.15) is 30.5 Å². The first-order valence-electron chi connectivity index (χ1n) is 12.4. The highest BCUT2D eigenvalue weighted by Crippen LogP contribution is 2.20. The molecule has 9 heteroatoms. The second-order valence-electron chi connectivity index (χ2n) is 9.59. The zero-order valence-corrected chi connectivity index (χ0v) is 23.7. The van der Waals surface area contributed by atoms with Gasteiger partial charge in [0.15, 0.2) is 0 Å². The molecule has 0 aliphatic heterocycles. The van der Waals surface area contributed by atoms with Crippen LogP contribution in [0, 0.1) is 6.92 Å². The molecule has 0 radical (unpaired) electrons. The third-order valence-corrected chi connectivity index (χ3v) is 8.08. The van der Waals surface area contributed by atoms with Crippen LogP contribution in [0.3, 0.4) is 0 Å². The van der Waals surface area contributed by atoms with Crippen LogP contribution in [0.25, 0.3) is 0 Å². The Labute approximate surface area is 230 Å². The van der Waals surface area contributed by atoms with Gasteiger partial charge in [0.25, 0.3) is 0 Å². The molecule has 0 spiro atoms. The Morgan fingerprint density at radius 3 is 2.16 bits per heavy atom. The van der Waals surface area contributed by atoms with Crippen LogP contribution < -0.4 is 5.32 Å². The van der Waals surface area contributed by atoms with Gasteiger partial charge in [-0.25, -0.2) is 8.42 Å². The van der Waals surface area contributed by atoms with Crippen LogP contribution in [0.15, 0.2) is 83.8 Å². The zero-order valence-electron chi connectivity index (χ0n) is 22.1. The summed E-state index contributed by atoms with van der Waals surface area (Å²) in [7, 11) is -2.56. The number of carbonyl (C=O) groups is 2. The molecule has 0 heterocycles. The van der Waals surface area contributed by atoms with Crippen molar-refractivity contribution < 1.29 is 18.0 Å². The first kappa shape index (κ1) is 29.4. The Kier molecular flexibility index (Phi) is 10.1. The summed E-state index contributed by atoms with van der Waals surface area (Å²) in [6.07, 6.45) is 0.264. The molecular formula is C29H34ClN3O4S. The zero-order chi connectivity index (χ0) is 27.9. The van der Waals surface area contributed by atoms with E-state index in [1.807, 2.05) is 57.2 Å². The molecule has 0 unspecified atom stereocenters. The molecule has 0 saturated heterocycles. The molecule has 202 valence electrons. The molecule has 0 aliphatic carbocycles. The predicted octanol–water partition coefficient (Wildman–Crippen LogP) is 4.43. The molecule has 0 bridgehead atoms. The topological polar surface area (TPSA) is 86.8 Å². The molecule has 0 aliphatic rings. The molecule has 0 fully saturated rings. The number of halogens is 1. The van der Waals surface area contributed by atoms with E-state index in [4.69, 9.17) is 11.6 Å². The number of likely N-dealkylation sites (N-methyl/N-ethyl adjacent to an activating group) is 1. The molecule has 38 heavy (non-hydrogen) atoms. The van der Waals surface area contributed by atoms with E-state index in [-0.39, 0.29) is 29.8 Å². The summed E-state index contributed by atoms with van der Waals surface area (Å²) < 4.78 is 27.4. The second-order valence-corrected chi connectivity index (χ2v) is 12.1. The first-order chi connectivity index (χ1) is 18.0. The highest BCUT2D eigenvalue weighted by Gasteiger charge is 2.33. The average molecular weight is 556 g/mol. The van der Waals surface area contributed by atoms with Gasteiger partial charge < -0.3 is 10.2 Å². The molecule has 1 atom stereocenters. The Bertz CT molecular complexity index is 1350. The minimum atomic E-state index is -3.92. The van der Waals surface area contributed by atoms with Gasteiger partial charge in [-0.1, -0.05) is 71.8 Å². The van der Waals surface area contributed by atoms with Gasteiger partial charge in [-0.3, -0.25) is 9.59 Å². The monoisotopic (exact) mass is 555 g/mol. The van der Waals surface area contributed by atoms with E-state index in [2.05, 4.69) is 5.32 Å². The maximum absolute atomic E-state index is 13.8. The van der Waals surface area contributed by atoms with Crippen LogP contribution in [-0.4, -0.2) is 55.1 Å². The van der Waals surface area contributed by atoms with Crippen molar-refractivity contribution in [3.05, 3.63) is 101 Å². The largest absolute Gasteiger partial charge is 0.352 e. The number of hydrogen-bond acceptors (Lipinski definition) is 4. The molecule has 0 aromatic heterocycles. The van der Waals surface area contributed by atoms with Crippen molar-refractivity contribution in [3.8, 4) is 0 Å². The lowest BCUT2D eigenvalue weighted by atomic mass is 10.0. The summed E-state index contributed by atoms with van der Waals surface area (Å²) >= 11 is 6.20. The lowest BCUT2D eigenvalue weighted by Gasteiger charge is -2.33. The second kappa shape index (κ2) is 13.0. The Morgan fingerprint density at radius 2 is 1.55 bits per heavy atom. The van der Waals surface area contributed by atoms with Crippen molar-refractivity contribution in [2.24, 2.45) is 0 Å². The number of amides is 2. The van der Waals surface area contributed by atoms with Gasteiger partial charge >= 0.3 is 0 Å². The van der Waals surface area contributed by atoms with Crippen molar-refractivity contribution >= 4 is 33.4 Å². The summed E-state index contributed by atoms with van der Waals surface area (Å²) in [6.45, 7) is 5.22. The summed E-state index contributed by atoms with van der Waals surface area (Å²) in [5.41, 5.74) is 2.53. The van der Waals surface area contributed by atoms with Crippen molar-refractivity contribution in [1.82, 2.24) is 14.5 Å². The van der Waals surface area contributed by atoms with Crippen LogP contribution in [0.5, 0.6) is 0 Å². The third kappa shape index (κ3) is 7.90. The van der Waals surface area contributed by atoms with Crippen molar-refractivity contribution in [3.63, 3.8) is 0 Å². The van der Waals surface area contributed by atoms with E-state index >= 15 is 0 Å². The Morgan fingerprint density at radius 1 is 0.921 bits per heavy atom. The van der Waals surface area contributed by atoms with Gasteiger partial charge in [0.05, 0.1) is 11.4 Å². The number of nitrogens with zero attached hydrogens (tertiary/aromatic N) is 2. The summed E-state index contributed by atoms with van der Waals surface area (Å²) in [4.78, 5) is 28.8. The Hall–Kier alpha value is -3.20. The van der Waals surface area contributed by atoms with Crippen molar-refractivity contribution in [2.75, 3.05) is 13.6 Å². The predicted molar refractivity (Wildman–Crippen MR) is 150 cm³/mol. The Balaban J connectivity index is 1.97. The van der Waals surface area contributed by atoms with E-state index in [0.29, 0.717) is 5.02 Å². The molecule has 1 N–H and O–H groups in total. The number of nitrogens with one attached hydrogen (secondary N) is 1. The smallest absolute Gasteiger partial charge is 0.243 e. The number of hydrogen-bond donors (Lipinski definition) is 1. The molecule has 0 saturated carbocycles. The summed E-state index contributed by atoms with van der Waals surface area (Å²) in [5.74, 6) is -0.814. The minimum absolute atomic E-state index is 0.0842. The van der Waals surface area contributed by atoms with Crippen molar-refractivity contribution in [1.29, 1.82) is 0 Å². The standard InChI is InChI=1S/C29H34ClN3O4S/c1-21(2)31-29(35)27(18-23-9-6-5-7-10-23)33(19-24-11-8-12-25(30)17-24)28(34)20-32(4)38(36,37)26-15-13-22(3)14-16-26/h5-17,21,27H,18-20H2,1-4H3,(H,31,35)/t27-/m0/s1. The number of carbonyl (C=O) groups excluding carboxylic acids is 2. The van der Waals surface area contributed by atoms with Crippen LogP contribution in [0.4, 0.5) is 0 Å². The van der Waals surface area contributed by atoms with Gasteiger partial charge in [0, 0.05) is 31.1 Å². The number of rotatable bonds is 11. The molecular weight excluding hydrogens is 522 g/mol. The van der Waals surface area contributed by atoms with Gasteiger partial charge in [-0.2, -0.15) is 4.31 Å². The summed E-state index contributed by atoms with van der Waals surface area (Å²) in [6, 6.07) is 21.9. The third-order valence-electron chi connectivity index (χ3n) is 6.03. The van der Waals surface area contributed by atoms with E-state index in [9.17, 15) is 18.0 Å². The molecule has 3 rings (SSSR count). The van der Waals surface area contributed by atoms with Crippen LogP contribution in [-0.2, 0) is 32.6 Å². The van der Waals surface area contributed by atoms with E-state index < -0.39 is 28.5 Å². The quantitative estimate of drug-likeness (QED) is 0.379. The molecule has 3 aromatic carbocycles. The van der Waals surface area contributed by atoms with Crippen molar-refractivity contribution in [2.45, 2.75) is 50.7 Å². The van der Waals surface area contributed by atoms with E-state index in [1.165, 1.54) is 24.1 Å². The fourth-order valence-corrected chi connectivity index (χ4v) is 5.36.